The molecule has 0 amide bonds. The molecule has 2 rings (SSSR count). The van der Waals surface area contributed by atoms with Gasteiger partial charge in [0.05, 0.1) is 12.0 Å². The van der Waals surface area contributed by atoms with Crippen molar-refractivity contribution in [2.45, 2.75) is 31.6 Å². The lowest BCUT2D eigenvalue weighted by Crippen LogP contribution is -2.10. The lowest BCUT2D eigenvalue weighted by atomic mass is 9.80. The molecule has 19 heavy (non-hydrogen) atoms. The van der Waals surface area contributed by atoms with Crippen molar-refractivity contribution >= 4 is 0 Å². The third-order valence-corrected chi connectivity index (χ3v) is 3.53. The quantitative estimate of drug-likeness (QED) is 0.741. The van der Waals surface area contributed by atoms with Crippen LogP contribution in [-0.4, -0.2) is 0 Å². The first-order chi connectivity index (χ1) is 9.36. The highest BCUT2D eigenvalue weighted by Crippen LogP contribution is 2.35. The number of nitrogens with zero attached hydrogens (tertiary/aromatic N) is 1. The van der Waals surface area contributed by atoms with Gasteiger partial charge in [0.25, 0.3) is 0 Å². The molecule has 2 aromatic rings. The van der Waals surface area contributed by atoms with E-state index in [1.165, 1.54) is 5.56 Å². The van der Waals surface area contributed by atoms with E-state index in [0.29, 0.717) is 0 Å². The van der Waals surface area contributed by atoms with Gasteiger partial charge in [0, 0.05) is 5.92 Å². The minimum atomic E-state index is -0.0662. The Morgan fingerprint density at radius 2 is 1.42 bits per heavy atom. The van der Waals surface area contributed by atoms with Crippen LogP contribution in [0.15, 0.2) is 60.7 Å². The Balaban J connectivity index is 2.35. The molecule has 0 aliphatic carbocycles. The Morgan fingerprint density at radius 1 is 0.895 bits per heavy atom. The molecule has 0 spiro atoms. The van der Waals surface area contributed by atoms with Crippen molar-refractivity contribution in [2.75, 3.05) is 0 Å². The SMILES string of the molecule is CCCC(c1ccccc1)C(C#N)c1ccccc1. The zero-order valence-corrected chi connectivity index (χ0v) is 11.3. The normalized spacial score (nSPS) is 13.5. The van der Waals surface area contributed by atoms with E-state index >= 15 is 0 Å². The van der Waals surface area contributed by atoms with Crippen molar-refractivity contribution in [3.05, 3.63) is 71.8 Å². The van der Waals surface area contributed by atoms with Crippen LogP contribution in [0, 0.1) is 11.3 Å². The van der Waals surface area contributed by atoms with E-state index in [-0.39, 0.29) is 11.8 Å². The Morgan fingerprint density at radius 3 is 1.89 bits per heavy atom. The molecule has 96 valence electrons. The van der Waals surface area contributed by atoms with E-state index in [1.54, 1.807) is 0 Å². The lowest BCUT2D eigenvalue weighted by Gasteiger charge is -2.22. The van der Waals surface area contributed by atoms with Crippen LogP contribution in [0.3, 0.4) is 0 Å². The molecule has 0 aliphatic heterocycles. The van der Waals surface area contributed by atoms with Gasteiger partial charge >= 0.3 is 0 Å². The molecule has 1 heteroatoms. The van der Waals surface area contributed by atoms with Crippen LogP contribution in [0.1, 0.15) is 42.7 Å². The third kappa shape index (κ3) is 3.23. The second-order valence-electron chi connectivity index (χ2n) is 4.82. The lowest BCUT2D eigenvalue weighted by molar-refractivity contribution is 0.568. The van der Waals surface area contributed by atoms with Crippen LogP contribution in [0.25, 0.3) is 0 Å². The first-order valence-electron chi connectivity index (χ1n) is 6.86. The Bertz CT molecular complexity index is 525. The fourth-order valence-electron chi connectivity index (χ4n) is 2.59. The standard InChI is InChI=1S/C18H19N/c1-2-9-17(15-10-5-3-6-11-15)18(14-19)16-12-7-4-8-13-16/h3-8,10-13,17-18H,2,9H2,1H3. The first-order valence-corrected chi connectivity index (χ1v) is 6.86. The zero-order valence-electron chi connectivity index (χ0n) is 11.3. The van der Waals surface area contributed by atoms with E-state index in [9.17, 15) is 5.26 Å². The molecule has 0 heterocycles. The molecule has 0 bridgehead atoms. The van der Waals surface area contributed by atoms with E-state index in [2.05, 4.69) is 49.4 Å². The number of hydrogen-bond acceptors (Lipinski definition) is 1. The van der Waals surface area contributed by atoms with Gasteiger partial charge in [-0.15, -0.1) is 0 Å². The fraction of sp³-hybridized carbons (Fsp3) is 0.278. The number of benzene rings is 2. The molecule has 0 radical (unpaired) electrons. The van der Waals surface area contributed by atoms with Crippen LogP contribution in [-0.2, 0) is 0 Å². The molecule has 2 unspecified atom stereocenters. The highest BCUT2D eigenvalue weighted by Gasteiger charge is 2.23. The molecule has 0 fully saturated rings. The summed E-state index contributed by atoms with van der Waals surface area (Å²) in [7, 11) is 0. The van der Waals surface area contributed by atoms with Crippen molar-refractivity contribution in [1.82, 2.24) is 0 Å². The van der Waals surface area contributed by atoms with Crippen LogP contribution in [0.5, 0.6) is 0 Å². The van der Waals surface area contributed by atoms with Crippen LogP contribution >= 0.6 is 0 Å². The average Bonchev–Trinajstić information content (AvgIpc) is 2.49. The zero-order chi connectivity index (χ0) is 13.5. The largest absolute Gasteiger partial charge is 0.198 e. The van der Waals surface area contributed by atoms with Crippen LogP contribution in [0.2, 0.25) is 0 Å². The van der Waals surface area contributed by atoms with Gasteiger partial charge in [-0.05, 0) is 17.5 Å². The molecule has 0 aromatic heterocycles. The summed E-state index contributed by atoms with van der Waals surface area (Å²) in [5.74, 6) is 0.210. The molecule has 0 saturated heterocycles. The van der Waals surface area contributed by atoms with Gasteiger partial charge < -0.3 is 0 Å². The number of nitriles is 1. The number of rotatable bonds is 5. The monoisotopic (exact) mass is 249 g/mol. The Hall–Kier alpha value is -2.07. The molecular weight excluding hydrogens is 230 g/mol. The summed E-state index contributed by atoms with van der Waals surface area (Å²) in [6.45, 7) is 2.18. The molecule has 0 aliphatic rings. The molecule has 0 N–H and O–H groups in total. The van der Waals surface area contributed by atoms with Gasteiger partial charge in [0.2, 0.25) is 0 Å². The Labute approximate surface area is 115 Å². The molecule has 2 aromatic carbocycles. The van der Waals surface area contributed by atoms with E-state index in [1.807, 2.05) is 24.3 Å². The molecule has 2 atom stereocenters. The average molecular weight is 249 g/mol. The molecule has 0 saturated carbocycles. The predicted molar refractivity (Wildman–Crippen MR) is 78.9 cm³/mol. The van der Waals surface area contributed by atoms with Crippen LogP contribution in [0.4, 0.5) is 0 Å². The van der Waals surface area contributed by atoms with Crippen molar-refractivity contribution in [2.24, 2.45) is 0 Å². The van der Waals surface area contributed by atoms with Gasteiger partial charge in [0.15, 0.2) is 0 Å². The summed E-state index contributed by atoms with van der Waals surface area (Å²) in [5.41, 5.74) is 2.38. The highest BCUT2D eigenvalue weighted by molar-refractivity contribution is 5.32. The Kier molecular flexibility index (Phi) is 4.75. The van der Waals surface area contributed by atoms with E-state index < -0.39 is 0 Å². The summed E-state index contributed by atoms with van der Waals surface area (Å²) in [6.07, 6.45) is 2.13. The summed E-state index contributed by atoms with van der Waals surface area (Å²) in [5, 5.41) is 9.59. The minimum absolute atomic E-state index is 0.0662. The summed E-state index contributed by atoms with van der Waals surface area (Å²) < 4.78 is 0. The van der Waals surface area contributed by atoms with Gasteiger partial charge in [0.1, 0.15) is 0 Å². The molecular formula is C18H19N. The first kappa shape index (κ1) is 13.4. The van der Waals surface area contributed by atoms with E-state index in [4.69, 9.17) is 0 Å². The second-order valence-corrected chi connectivity index (χ2v) is 4.82. The predicted octanol–water partition coefficient (Wildman–Crippen LogP) is 4.88. The molecule has 1 nitrogen and oxygen atoms in total. The fourth-order valence-corrected chi connectivity index (χ4v) is 2.59. The van der Waals surface area contributed by atoms with Crippen molar-refractivity contribution in [1.29, 1.82) is 5.26 Å². The maximum absolute atomic E-state index is 9.59. The van der Waals surface area contributed by atoms with Gasteiger partial charge in [-0.25, -0.2) is 0 Å². The smallest absolute Gasteiger partial charge is 0.0781 e. The minimum Gasteiger partial charge on any atom is -0.198 e. The topological polar surface area (TPSA) is 23.8 Å². The second kappa shape index (κ2) is 6.75. The van der Waals surface area contributed by atoms with Gasteiger partial charge in [-0.1, -0.05) is 74.0 Å². The van der Waals surface area contributed by atoms with E-state index in [0.717, 1.165) is 18.4 Å². The summed E-state index contributed by atoms with van der Waals surface area (Å²) in [6, 6.07) is 23.0. The highest BCUT2D eigenvalue weighted by atomic mass is 14.3. The maximum atomic E-state index is 9.59. The van der Waals surface area contributed by atoms with Crippen molar-refractivity contribution < 1.29 is 0 Å². The summed E-state index contributed by atoms with van der Waals surface area (Å²) >= 11 is 0. The number of hydrogen-bond donors (Lipinski definition) is 0. The maximum Gasteiger partial charge on any atom is 0.0781 e. The van der Waals surface area contributed by atoms with Crippen LogP contribution < -0.4 is 0 Å². The van der Waals surface area contributed by atoms with Crippen molar-refractivity contribution in [3.8, 4) is 6.07 Å². The van der Waals surface area contributed by atoms with Gasteiger partial charge in [-0.3, -0.25) is 0 Å². The van der Waals surface area contributed by atoms with Gasteiger partial charge in [-0.2, -0.15) is 5.26 Å². The van der Waals surface area contributed by atoms with Crippen molar-refractivity contribution in [3.63, 3.8) is 0 Å². The summed E-state index contributed by atoms with van der Waals surface area (Å²) in [4.78, 5) is 0. The third-order valence-electron chi connectivity index (χ3n) is 3.53.